The number of benzene rings is 3. The molecule has 8 heteroatoms. The molecule has 1 amide bonds. The zero-order valence-electron chi connectivity index (χ0n) is 17.9. The van der Waals surface area contributed by atoms with Crippen LogP contribution in [0.2, 0.25) is 0 Å². The Morgan fingerprint density at radius 3 is 1.97 bits per heavy atom. The summed E-state index contributed by atoms with van der Waals surface area (Å²) in [6.45, 7) is 0.361. The predicted molar refractivity (Wildman–Crippen MR) is 122 cm³/mol. The van der Waals surface area contributed by atoms with Crippen LogP contribution in [0, 0.1) is 0 Å². The van der Waals surface area contributed by atoms with Crippen molar-refractivity contribution in [1.82, 2.24) is 10.0 Å². The molecular formula is C24H26N2O5S. The minimum absolute atomic E-state index is 0.0610. The smallest absolute Gasteiger partial charge is 0.241 e. The third kappa shape index (κ3) is 6.32. The molecule has 168 valence electrons. The second kappa shape index (κ2) is 10.8. The van der Waals surface area contributed by atoms with Gasteiger partial charge in [0.15, 0.2) is 0 Å². The molecular weight excluding hydrogens is 428 g/mol. The Hall–Kier alpha value is -3.36. The van der Waals surface area contributed by atoms with Crippen LogP contribution >= 0.6 is 0 Å². The van der Waals surface area contributed by atoms with Crippen LogP contribution in [0.4, 0.5) is 0 Å². The van der Waals surface area contributed by atoms with Crippen LogP contribution in [-0.2, 0) is 21.4 Å². The van der Waals surface area contributed by atoms with E-state index >= 15 is 0 Å². The number of nitrogens with one attached hydrogen (secondary N) is 2. The first-order valence-electron chi connectivity index (χ1n) is 10.0. The molecule has 0 saturated heterocycles. The number of ether oxygens (including phenoxy) is 2. The number of carbonyl (C=O) groups is 1. The highest BCUT2D eigenvalue weighted by Gasteiger charge is 2.24. The molecule has 1 atom stereocenters. The molecule has 0 spiro atoms. The SMILES string of the molecule is COc1ccc(C(CC(=O)NCc2ccccc2)NS(=O)(=O)c2ccc(OC)cc2)cc1. The Balaban J connectivity index is 1.78. The molecule has 0 aromatic heterocycles. The molecule has 32 heavy (non-hydrogen) atoms. The van der Waals surface area contributed by atoms with Gasteiger partial charge in [-0.25, -0.2) is 13.1 Å². The van der Waals surface area contributed by atoms with Crippen molar-refractivity contribution in [3.63, 3.8) is 0 Å². The van der Waals surface area contributed by atoms with Gasteiger partial charge in [0.25, 0.3) is 0 Å². The second-order valence-corrected chi connectivity index (χ2v) is 8.80. The molecule has 1 unspecified atom stereocenters. The standard InChI is InChI=1S/C24H26N2O5S/c1-30-20-10-8-19(9-11-20)23(16-24(27)25-17-18-6-4-3-5-7-18)26-32(28,29)22-14-12-21(31-2)13-15-22/h3-15,23,26H,16-17H2,1-2H3,(H,25,27). The van der Waals surface area contributed by atoms with Gasteiger partial charge in [-0.2, -0.15) is 0 Å². The fraction of sp³-hybridized carbons (Fsp3) is 0.208. The highest BCUT2D eigenvalue weighted by atomic mass is 32.2. The Kier molecular flexibility index (Phi) is 7.86. The normalized spacial score (nSPS) is 12.1. The lowest BCUT2D eigenvalue weighted by atomic mass is 10.0. The van der Waals surface area contributed by atoms with E-state index in [1.165, 1.54) is 19.2 Å². The summed E-state index contributed by atoms with van der Waals surface area (Å²) >= 11 is 0. The zero-order chi connectivity index (χ0) is 23.0. The average Bonchev–Trinajstić information content (AvgIpc) is 2.83. The lowest BCUT2D eigenvalue weighted by Crippen LogP contribution is -2.33. The summed E-state index contributed by atoms with van der Waals surface area (Å²) in [5, 5.41) is 2.85. The van der Waals surface area contributed by atoms with Crippen molar-refractivity contribution in [2.24, 2.45) is 0 Å². The van der Waals surface area contributed by atoms with Gasteiger partial charge in [0, 0.05) is 13.0 Å². The summed E-state index contributed by atoms with van der Waals surface area (Å²) in [6, 6.07) is 21.8. The van der Waals surface area contributed by atoms with E-state index in [-0.39, 0.29) is 17.2 Å². The van der Waals surface area contributed by atoms with Crippen LogP contribution in [0.5, 0.6) is 11.5 Å². The molecule has 0 fully saturated rings. The minimum atomic E-state index is -3.88. The van der Waals surface area contributed by atoms with Crippen molar-refractivity contribution in [2.75, 3.05) is 14.2 Å². The van der Waals surface area contributed by atoms with Gasteiger partial charge >= 0.3 is 0 Å². The van der Waals surface area contributed by atoms with Crippen LogP contribution in [-0.4, -0.2) is 28.5 Å². The van der Waals surface area contributed by atoms with Crippen LogP contribution in [0.25, 0.3) is 0 Å². The fourth-order valence-corrected chi connectivity index (χ4v) is 4.35. The minimum Gasteiger partial charge on any atom is -0.497 e. The van der Waals surface area contributed by atoms with Gasteiger partial charge in [-0.05, 0) is 47.5 Å². The van der Waals surface area contributed by atoms with E-state index in [2.05, 4.69) is 10.0 Å². The van der Waals surface area contributed by atoms with E-state index in [1.54, 1.807) is 43.5 Å². The number of carbonyl (C=O) groups excluding carboxylic acids is 1. The van der Waals surface area contributed by atoms with Crippen molar-refractivity contribution in [1.29, 1.82) is 0 Å². The number of hydrogen-bond donors (Lipinski definition) is 2. The maximum atomic E-state index is 13.0. The summed E-state index contributed by atoms with van der Waals surface area (Å²) < 4.78 is 38.9. The van der Waals surface area contributed by atoms with Gasteiger partial charge in [-0.15, -0.1) is 0 Å². The molecule has 7 nitrogen and oxygen atoms in total. The molecule has 3 rings (SSSR count). The Bertz CT molecular complexity index is 1120. The average molecular weight is 455 g/mol. The molecule has 0 aliphatic carbocycles. The van der Waals surface area contributed by atoms with Crippen molar-refractivity contribution in [3.05, 3.63) is 90.0 Å². The van der Waals surface area contributed by atoms with E-state index < -0.39 is 16.1 Å². The summed E-state index contributed by atoms with van der Waals surface area (Å²) in [7, 11) is -0.817. The number of amides is 1. The number of sulfonamides is 1. The van der Waals surface area contributed by atoms with E-state index in [9.17, 15) is 13.2 Å². The predicted octanol–water partition coefficient (Wildman–Crippen LogP) is 3.43. The van der Waals surface area contributed by atoms with Crippen LogP contribution in [0.1, 0.15) is 23.6 Å². The lowest BCUT2D eigenvalue weighted by molar-refractivity contribution is -0.121. The monoisotopic (exact) mass is 454 g/mol. The van der Waals surface area contributed by atoms with Crippen LogP contribution < -0.4 is 19.5 Å². The quantitative estimate of drug-likeness (QED) is 0.490. The molecule has 3 aromatic carbocycles. The van der Waals surface area contributed by atoms with Gasteiger partial charge < -0.3 is 14.8 Å². The zero-order valence-corrected chi connectivity index (χ0v) is 18.8. The fourth-order valence-electron chi connectivity index (χ4n) is 3.13. The van der Waals surface area contributed by atoms with Gasteiger partial charge in [0.05, 0.1) is 25.2 Å². The summed E-state index contributed by atoms with van der Waals surface area (Å²) in [4.78, 5) is 12.7. The van der Waals surface area contributed by atoms with Gasteiger partial charge in [0.1, 0.15) is 11.5 Å². The largest absolute Gasteiger partial charge is 0.497 e. The number of hydrogen-bond acceptors (Lipinski definition) is 5. The molecule has 0 aliphatic rings. The maximum Gasteiger partial charge on any atom is 0.241 e. The van der Waals surface area contributed by atoms with E-state index in [4.69, 9.17) is 9.47 Å². The third-order valence-corrected chi connectivity index (χ3v) is 6.39. The van der Waals surface area contributed by atoms with Gasteiger partial charge in [-0.1, -0.05) is 42.5 Å². The summed E-state index contributed by atoms with van der Waals surface area (Å²) in [5.74, 6) is 0.919. The van der Waals surface area contributed by atoms with Gasteiger partial charge in [-0.3, -0.25) is 4.79 Å². The van der Waals surface area contributed by atoms with Crippen molar-refractivity contribution in [2.45, 2.75) is 23.9 Å². The molecule has 0 saturated carbocycles. The first-order valence-corrected chi connectivity index (χ1v) is 11.5. The molecule has 0 aliphatic heterocycles. The Morgan fingerprint density at radius 1 is 0.844 bits per heavy atom. The number of rotatable bonds is 10. The lowest BCUT2D eigenvalue weighted by Gasteiger charge is -2.20. The van der Waals surface area contributed by atoms with E-state index in [0.29, 0.717) is 23.6 Å². The van der Waals surface area contributed by atoms with E-state index in [1.807, 2.05) is 30.3 Å². The maximum absolute atomic E-state index is 13.0. The molecule has 2 N–H and O–H groups in total. The summed E-state index contributed by atoms with van der Waals surface area (Å²) in [6.07, 6.45) is -0.0610. The first-order chi connectivity index (χ1) is 15.4. The van der Waals surface area contributed by atoms with E-state index in [0.717, 1.165) is 5.56 Å². The molecule has 0 bridgehead atoms. The molecule has 3 aromatic rings. The van der Waals surface area contributed by atoms with Crippen molar-refractivity contribution in [3.8, 4) is 11.5 Å². The van der Waals surface area contributed by atoms with Crippen molar-refractivity contribution < 1.29 is 22.7 Å². The molecule has 0 heterocycles. The summed E-state index contributed by atoms with van der Waals surface area (Å²) in [5.41, 5.74) is 1.61. The third-order valence-electron chi connectivity index (χ3n) is 4.91. The first kappa shape index (κ1) is 23.3. The second-order valence-electron chi connectivity index (χ2n) is 7.09. The van der Waals surface area contributed by atoms with Crippen LogP contribution in [0.3, 0.4) is 0 Å². The van der Waals surface area contributed by atoms with Crippen molar-refractivity contribution >= 4 is 15.9 Å². The Morgan fingerprint density at radius 2 is 1.41 bits per heavy atom. The van der Waals surface area contributed by atoms with Gasteiger partial charge in [0.2, 0.25) is 15.9 Å². The Labute approximate surface area is 188 Å². The topological polar surface area (TPSA) is 93.7 Å². The highest BCUT2D eigenvalue weighted by molar-refractivity contribution is 7.89. The van der Waals surface area contributed by atoms with Crippen LogP contribution in [0.15, 0.2) is 83.8 Å². The molecule has 0 radical (unpaired) electrons. The highest BCUT2D eigenvalue weighted by Crippen LogP contribution is 2.24. The number of methoxy groups -OCH3 is 2.